The summed E-state index contributed by atoms with van der Waals surface area (Å²) in [6.45, 7) is 10.2. The zero-order valence-corrected chi connectivity index (χ0v) is 15.4. The van der Waals surface area contributed by atoms with Crippen molar-refractivity contribution in [2.75, 3.05) is 25.4 Å². The van der Waals surface area contributed by atoms with E-state index in [9.17, 15) is 14.0 Å². The topological polar surface area (TPSA) is 75.9 Å². The standard InChI is InChI=1S/C18H26FN3O3/c1-17(2,3)25-16(24)22-9-8-21(11-18(22,4)5)15(23)12-6-7-14(20)13(19)10-12/h6-7,10H,8-9,11,20H2,1-5H3. The smallest absolute Gasteiger partial charge is 0.410 e. The van der Waals surface area contributed by atoms with Gasteiger partial charge >= 0.3 is 6.09 Å². The number of ether oxygens (including phenoxy) is 1. The van der Waals surface area contributed by atoms with Crippen LogP contribution in [0.4, 0.5) is 14.9 Å². The van der Waals surface area contributed by atoms with Crippen molar-refractivity contribution in [1.82, 2.24) is 9.80 Å². The van der Waals surface area contributed by atoms with E-state index in [0.29, 0.717) is 19.6 Å². The second-order valence-corrected chi connectivity index (χ2v) is 7.91. The van der Waals surface area contributed by atoms with E-state index in [1.165, 1.54) is 12.1 Å². The van der Waals surface area contributed by atoms with Gasteiger partial charge in [0.1, 0.15) is 11.4 Å². The van der Waals surface area contributed by atoms with Gasteiger partial charge in [0.15, 0.2) is 0 Å². The Kier molecular flexibility index (Phi) is 4.97. The highest BCUT2D eigenvalue weighted by Crippen LogP contribution is 2.25. The first-order valence-electron chi connectivity index (χ1n) is 8.26. The number of halogens is 1. The third-order valence-corrected chi connectivity index (χ3v) is 4.05. The maximum absolute atomic E-state index is 13.6. The van der Waals surface area contributed by atoms with E-state index in [1.807, 2.05) is 34.6 Å². The van der Waals surface area contributed by atoms with E-state index < -0.39 is 23.1 Å². The van der Waals surface area contributed by atoms with E-state index >= 15 is 0 Å². The lowest BCUT2D eigenvalue weighted by atomic mass is 9.98. The van der Waals surface area contributed by atoms with Crippen molar-refractivity contribution in [2.45, 2.75) is 45.8 Å². The fourth-order valence-electron chi connectivity index (χ4n) is 2.83. The van der Waals surface area contributed by atoms with Gasteiger partial charge in [0.2, 0.25) is 0 Å². The van der Waals surface area contributed by atoms with Gasteiger partial charge in [0, 0.05) is 25.2 Å². The van der Waals surface area contributed by atoms with E-state index in [-0.39, 0.29) is 17.2 Å². The Bertz CT molecular complexity index is 683. The van der Waals surface area contributed by atoms with Crippen molar-refractivity contribution in [2.24, 2.45) is 0 Å². The lowest BCUT2D eigenvalue weighted by Gasteiger charge is -2.47. The number of nitrogens with zero attached hydrogens (tertiary/aromatic N) is 2. The Morgan fingerprint density at radius 2 is 1.88 bits per heavy atom. The van der Waals surface area contributed by atoms with Crippen LogP contribution in [0.25, 0.3) is 0 Å². The number of nitrogens with two attached hydrogens (primary N) is 1. The molecule has 0 spiro atoms. The minimum absolute atomic E-state index is 0.00613. The summed E-state index contributed by atoms with van der Waals surface area (Å²) in [5, 5.41) is 0. The predicted molar refractivity (Wildman–Crippen MR) is 93.7 cm³/mol. The summed E-state index contributed by atoms with van der Waals surface area (Å²) in [7, 11) is 0. The van der Waals surface area contributed by atoms with E-state index in [2.05, 4.69) is 0 Å². The van der Waals surface area contributed by atoms with Gasteiger partial charge in [-0.2, -0.15) is 0 Å². The van der Waals surface area contributed by atoms with Crippen LogP contribution in [0.2, 0.25) is 0 Å². The minimum atomic E-state index is -0.613. The van der Waals surface area contributed by atoms with Crippen LogP contribution in [-0.2, 0) is 4.74 Å². The zero-order chi connectivity index (χ0) is 19.0. The molecule has 1 saturated heterocycles. The first-order chi connectivity index (χ1) is 11.4. The summed E-state index contributed by atoms with van der Waals surface area (Å²) in [6, 6.07) is 4.03. The molecule has 2 amide bonds. The number of rotatable bonds is 1. The molecule has 6 nitrogen and oxygen atoms in total. The molecule has 0 aromatic heterocycles. The van der Waals surface area contributed by atoms with Gasteiger partial charge in [0.05, 0.1) is 11.2 Å². The molecular weight excluding hydrogens is 325 g/mol. The Hall–Kier alpha value is -2.31. The molecule has 1 aromatic rings. The number of carbonyl (C=O) groups is 2. The number of hydrogen-bond donors (Lipinski definition) is 1. The van der Waals surface area contributed by atoms with Gasteiger partial charge in [-0.3, -0.25) is 9.69 Å². The molecule has 0 aliphatic carbocycles. The molecule has 2 rings (SSSR count). The van der Waals surface area contributed by atoms with Crippen molar-refractivity contribution in [3.8, 4) is 0 Å². The number of amides is 2. The largest absolute Gasteiger partial charge is 0.444 e. The van der Waals surface area contributed by atoms with Gasteiger partial charge in [-0.15, -0.1) is 0 Å². The Morgan fingerprint density at radius 3 is 2.40 bits per heavy atom. The van der Waals surface area contributed by atoms with Crippen LogP contribution in [0.15, 0.2) is 18.2 Å². The molecule has 0 radical (unpaired) electrons. The number of hydrogen-bond acceptors (Lipinski definition) is 4. The van der Waals surface area contributed by atoms with Crippen LogP contribution < -0.4 is 5.73 Å². The number of carbonyl (C=O) groups excluding carboxylic acids is 2. The molecule has 1 aliphatic rings. The van der Waals surface area contributed by atoms with Gasteiger partial charge in [-0.05, 0) is 52.8 Å². The van der Waals surface area contributed by atoms with Gasteiger partial charge in [-0.1, -0.05) is 0 Å². The number of benzene rings is 1. The molecule has 1 fully saturated rings. The van der Waals surface area contributed by atoms with Crippen LogP contribution in [0, 0.1) is 5.82 Å². The molecule has 25 heavy (non-hydrogen) atoms. The molecule has 1 aliphatic heterocycles. The quantitative estimate of drug-likeness (QED) is 0.790. The molecule has 2 N–H and O–H groups in total. The number of anilines is 1. The summed E-state index contributed by atoms with van der Waals surface area (Å²) < 4.78 is 19.1. The van der Waals surface area contributed by atoms with E-state index in [0.717, 1.165) is 6.07 Å². The molecule has 7 heteroatoms. The molecule has 0 bridgehead atoms. The normalized spacial score (nSPS) is 17.4. The molecule has 1 aromatic carbocycles. The summed E-state index contributed by atoms with van der Waals surface area (Å²) in [5.41, 5.74) is 4.53. The molecule has 0 saturated carbocycles. The van der Waals surface area contributed by atoms with Crippen LogP contribution in [0.1, 0.15) is 45.0 Å². The lowest BCUT2D eigenvalue weighted by molar-refractivity contribution is -0.0202. The van der Waals surface area contributed by atoms with Crippen molar-refractivity contribution >= 4 is 17.7 Å². The van der Waals surface area contributed by atoms with Gasteiger partial charge < -0.3 is 15.4 Å². The van der Waals surface area contributed by atoms with E-state index in [1.54, 1.807) is 9.80 Å². The Morgan fingerprint density at radius 1 is 1.24 bits per heavy atom. The highest BCUT2D eigenvalue weighted by atomic mass is 19.1. The van der Waals surface area contributed by atoms with Gasteiger partial charge in [-0.25, -0.2) is 9.18 Å². The van der Waals surface area contributed by atoms with Crippen LogP contribution in [-0.4, -0.2) is 52.6 Å². The summed E-state index contributed by atoms with van der Waals surface area (Å²) in [4.78, 5) is 28.3. The predicted octanol–water partition coefficient (Wildman–Crippen LogP) is 2.88. The molecule has 0 atom stereocenters. The third-order valence-electron chi connectivity index (χ3n) is 4.05. The Balaban J connectivity index is 2.12. The average Bonchev–Trinajstić information content (AvgIpc) is 2.46. The van der Waals surface area contributed by atoms with Gasteiger partial charge in [0.25, 0.3) is 5.91 Å². The number of piperazine rings is 1. The fraction of sp³-hybridized carbons (Fsp3) is 0.556. The van der Waals surface area contributed by atoms with Crippen molar-refractivity contribution < 1.29 is 18.7 Å². The molecular formula is C18H26FN3O3. The fourth-order valence-corrected chi connectivity index (χ4v) is 2.83. The number of nitrogen functional groups attached to an aromatic ring is 1. The third kappa shape index (κ3) is 4.41. The van der Waals surface area contributed by atoms with Crippen molar-refractivity contribution in [3.05, 3.63) is 29.6 Å². The van der Waals surface area contributed by atoms with Crippen LogP contribution >= 0.6 is 0 Å². The summed E-state index contributed by atoms with van der Waals surface area (Å²) in [6.07, 6.45) is -0.400. The lowest BCUT2D eigenvalue weighted by Crippen LogP contribution is -2.62. The maximum Gasteiger partial charge on any atom is 0.410 e. The molecule has 138 valence electrons. The maximum atomic E-state index is 13.6. The zero-order valence-electron chi connectivity index (χ0n) is 15.4. The van der Waals surface area contributed by atoms with E-state index in [4.69, 9.17) is 10.5 Å². The summed E-state index contributed by atoms with van der Waals surface area (Å²) >= 11 is 0. The first-order valence-corrected chi connectivity index (χ1v) is 8.26. The van der Waals surface area contributed by atoms with Crippen LogP contribution in [0.5, 0.6) is 0 Å². The summed E-state index contributed by atoms with van der Waals surface area (Å²) in [5.74, 6) is -0.895. The first kappa shape index (κ1) is 19.0. The molecule has 0 unspecified atom stereocenters. The average molecular weight is 351 g/mol. The minimum Gasteiger partial charge on any atom is -0.444 e. The molecule has 1 heterocycles. The monoisotopic (exact) mass is 351 g/mol. The Labute approximate surface area is 147 Å². The van der Waals surface area contributed by atoms with Crippen LogP contribution in [0.3, 0.4) is 0 Å². The second kappa shape index (κ2) is 6.54. The highest BCUT2D eigenvalue weighted by molar-refractivity contribution is 5.94. The van der Waals surface area contributed by atoms with Crippen molar-refractivity contribution in [3.63, 3.8) is 0 Å². The SMILES string of the molecule is CC(C)(C)OC(=O)N1CCN(C(=O)c2ccc(N)c(F)c2)CC1(C)C. The highest BCUT2D eigenvalue weighted by Gasteiger charge is 2.40. The second-order valence-electron chi connectivity index (χ2n) is 7.91. The van der Waals surface area contributed by atoms with Crippen molar-refractivity contribution in [1.29, 1.82) is 0 Å².